The number of carbonyl (C=O) groups excluding carboxylic acids is 11. The number of thioether (sulfide) groups is 1. The van der Waals surface area contributed by atoms with Gasteiger partial charge in [-0.2, -0.15) is 11.8 Å². The normalized spacial score (nSPS) is 26.9. The van der Waals surface area contributed by atoms with E-state index in [1.54, 1.807) is 54.5 Å². The maximum Gasteiger partial charge on any atom is 0.246 e. The molecule has 0 aromatic carbocycles. The van der Waals surface area contributed by atoms with E-state index in [1.807, 2.05) is 47.6 Å². The molecule has 2 heterocycles. The lowest BCUT2D eigenvalue weighted by Crippen LogP contribution is -2.64. The van der Waals surface area contributed by atoms with E-state index in [4.69, 9.17) is 0 Å². The number of rotatable bonds is 23. The van der Waals surface area contributed by atoms with Crippen LogP contribution >= 0.6 is 11.8 Å². The zero-order chi connectivity index (χ0) is 76.7. The number of hydrogen-bond donors (Lipinski definition) is 6. The number of carbonyl (C=O) groups is 11. The van der Waals surface area contributed by atoms with E-state index in [9.17, 15) is 29.4 Å². The molecule has 2 rings (SSSR count). The lowest BCUT2D eigenvalue weighted by atomic mass is 9.91. The van der Waals surface area contributed by atoms with Gasteiger partial charge in [-0.25, -0.2) is 0 Å². The first-order valence-corrected chi connectivity index (χ1v) is 37.7. The minimum Gasteiger partial charge on any atom is -0.390 e. The lowest BCUT2D eigenvalue weighted by Gasteiger charge is -2.41. The van der Waals surface area contributed by atoms with Gasteiger partial charge in [0.05, 0.1) is 11.7 Å². The first-order valence-electron chi connectivity index (χ1n) is 36.5. The molecule has 2 fully saturated rings. The topological polar surface area (TPSA) is 306 Å². The van der Waals surface area contributed by atoms with Gasteiger partial charge in [-0.3, -0.25) is 52.7 Å². The molecular formula is C73H133N13O13S. The molecule has 0 spiro atoms. The van der Waals surface area contributed by atoms with Gasteiger partial charge >= 0.3 is 0 Å². The highest BCUT2D eigenvalue weighted by atomic mass is 32.2. The van der Waals surface area contributed by atoms with Crippen LogP contribution in [0.25, 0.3) is 0 Å². The van der Waals surface area contributed by atoms with Crippen LogP contribution in [-0.4, -0.2) is 298 Å². The summed E-state index contributed by atoms with van der Waals surface area (Å²) in [6, 6.07) is -14.4. The Hall–Kier alpha value is -5.90. The molecule has 0 bridgehead atoms. The summed E-state index contributed by atoms with van der Waals surface area (Å²) in [5.41, 5.74) is -1.59. The number of nitrogens with zero attached hydrogens (tertiary/aromatic N) is 9. The highest BCUT2D eigenvalue weighted by Crippen LogP contribution is 2.27. The molecule has 2 aliphatic heterocycles. The Morgan fingerprint density at radius 3 is 1.42 bits per heavy atom. The summed E-state index contributed by atoms with van der Waals surface area (Å²) in [4.78, 5) is 178. The van der Waals surface area contributed by atoms with Crippen LogP contribution in [0.4, 0.5) is 0 Å². The molecule has 100 heavy (non-hydrogen) atoms. The SMILES string of the molecule is C/C=C/C[C@@H](C)[C@@H](O)[C@H]1C(=O)N[C@@H](CC)C(=O)N(C)[C@H](CSCCCN2CCN(CCC)CC2)C(=O)N(C)[C@@H](CC(C)(C)O)C(=O)N[C@@H](C(C)C)C(=O)N(C)[C@@H](CC(C)C)C(=O)N[C@@H](C)C(=O)N[C@H](C)C(=O)N(C)[C@@H](CC(C)C)C(=O)N(C)[C@@H](CC(C)C)C(=O)N(C)[C@@H](C(C)C)C(=O)N1C. The number of amides is 11. The summed E-state index contributed by atoms with van der Waals surface area (Å²) in [6.45, 7) is 36.9. The van der Waals surface area contributed by atoms with Gasteiger partial charge in [0.2, 0.25) is 65.0 Å². The maximum absolute atomic E-state index is 15.5. The van der Waals surface area contributed by atoms with Crippen molar-refractivity contribution in [3.63, 3.8) is 0 Å². The van der Waals surface area contributed by atoms with Crippen molar-refractivity contribution < 1.29 is 63.0 Å². The number of aliphatic hydroxyl groups excluding tert-OH is 1. The van der Waals surface area contributed by atoms with Crippen LogP contribution < -0.4 is 21.3 Å². The zero-order valence-corrected chi connectivity index (χ0v) is 66.5. The number of allylic oxidation sites excluding steroid dienone is 2. The predicted octanol–water partition coefficient (Wildman–Crippen LogP) is 3.90. The van der Waals surface area contributed by atoms with Gasteiger partial charge in [-0.1, -0.05) is 102 Å². The molecule has 574 valence electrons. The highest BCUT2D eigenvalue weighted by Gasteiger charge is 2.47. The molecule has 0 aromatic heterocycles. The summed E-state index contributed by atoms with van der Waals surface area (Å²) in [5.74, 6) is -9.58. The molecule has 11 amide bonds. The first kappa shape index (κ1) is 90.2. The number of aliphatic hydroxyl groups is 2. The minimum atomic E-state index is -1.66. The van der Waals surface area contributed by atoms with Crippen LogP contribution in [0.2, 0.25) is 0 Å². The first-order chi connectivity index (χ1) is 46.4. The van der Waals surface area contributed by atoms with E-state index in [0.29, 0.717) is 5.75 Å². The molecule has 0 aromatic rings. The van der Waals surface area contributed by atoms with Crippen molar-refractivity contribution in [3.8, 4) is 0 Å². The molecule has 2 aliphatic rings. The van der Waals surface area contributed by atoms with E-state index in [1.165, 1.54) is 118 Å². The average molecular weight is 1430 g/mol. The van der Waals surface area contributed by atoms with Gasteiger partial charge in [-0.15, -0.1) is 0 Å². The Bertz CT molecular complexity index is 2720. The summed E-state index contributed by atoms with van der Waals surface area (Å²) < 4.78 is 0. The fourth-order valence-electron chi connectivity index (χ4n) is 13.1. The number of likely N-dealkylation sites (N-methyl/N-ethyl adjacent to an activating group) is 7. The largest absolute Gasteiger partial charge is 0.390 e. The van der Waals surface area contributed by atoms with Crippen LogP contribution in [0, 0.1) is 35.5 Å². The molecule has 2 saturated heterocycles. The monoisotopic (exact) mass is 1430 g/mol. The van der Waals surface area contributed by atoms with Gasteiger partial charge in [0, 0.05) is 87.7 Å². The van der Waals surface area contributed by atoms with Crippen LogP contribution in [0.15, 0.2) is 12.2 Å². The summed E-state index contributed by atoms with van der Waals surface area (Å²) in [7, 11) is 9.95. The third-order valence-corrected chi connectivity index (χ3v) is 20.6. The third-order valence-electron chi connectivity index (χ3n) is 19.4. The molecule has 0 radical (unpaired) electrons. The van der Waals surface area contributed by atoms with Crippen LogP contribution in [0.1, 0.15) is 176 Å². The molecule has 13 atom stereocenters. The summed E-state index contributed by atoms with van der Waals surface area (Å²) in [5, 5.41) is 35.0. The molecule has 0 saturated carbocycles. The standard InChI is InChI=1S/C73H133N13O13S/c1-26-29-31-49(14)61(87)60-65(91)76-52(28-3)67(93)82(23)57(43-100-38-30-33-86-36-34-85(32-27-2)35-37-86)70(96)81(22)56(42-73(17,18)99)64(90)77-58(47(10)11)71(97)78(19)53(39-44(4)5)63(89)74-50(15)62(88)75-51(16)66(92)79(20)54(40-45(6)7)68(94)80(21)55(41-46(8)9)69(95)83(24)59(48(12)13)72(98)84(60)25/h26,29,44-61,87,99H,27-28,30-43H2,1-25H3,(H,74,89)(H,75,88)(H,76,91)(H,77,90)/b29-26+/t49-,50+,51-,52+,53+,54+,55+,56+,57-,58+,59+,60+,61-/m1/s1. The minimum absolute atomic E-state index is 0.0220. The van der Waals surface area contributed by atoms with Gasteiger partial charge in [0.25, 0.3) is 0 Å². The van der Waals surface area contributed by atoms with Crippen molar-refractivity contribution in [3.05, 3.63) is 12.2 Å². The molecule has 6 N–H and O–H groups in total. The van der Waals surface area contributed by atoms with E-state index < -0.39 is 161 Å². The second-order valence-corrected chi connectivity index (χ2v) is 32.0. The molecule has 27 heteroatoms. The Kier molecular flexibility index (Phi) is 37.9. The van der Waals surface area contributed by atoms with Crippen molar-refractivity contribution in [2.75, 3.05) is 100 Å². The lowest BCUT2D eigenvalue weighted by molar-refractivity contribution is -0.157. The van der Waals surface area contributed by atoms with Gasteiger partial charge in [0.1, 0.15) is 66.5 Å². The van der Waals surface area contributed by atoms with E-state index >= 15 is 33.6 Å². The highest BCUT2D eigenvalue weighted by molar-refractivity contribution is 7.99. The molecule has 26 nitrogen and oxygen atoms in total. The van der Waals surface area contributed by atoms with E-state index in [-0.39, 0.29) is 62.0 Å². The second-order valence-electron chi connectivity index (χ2n) is 30.8. The number of piperazine rings is 1. The fraction of sp³-hybridized carbons (Fsp3) is 0.822. The van der Waals surface area contributed by atoms with Crippen molar-refractivity contribution in [1.29, 1.82) is 0 Å². The second kappa shape index (κ2) is 42.0. The van der Waals surface area contributed by atoms with Gasteiger partial charge in [-0.05, 0) is 134 Å². The van der Waals surface area contributed by atoms with Crippen LogP contribution in [0.5, 0.6) is 0 Å². The smallest absolute Gasteiger partial charge is 0.246 e. The third kappa shape index (κ3) is 26.4. The van der Waals surface area contributed by atoms with Crippen molar-refractivity contribution in [2.24, 2.45) is 35.5 Å². The fourth-order valence-corrected chi connectivity index (χ4v) is 14.2. The number of nitrogens with one attached hydrogen (secondary N) is 4. The average Bonchev–Trinajstić information content (AvgIpc) is 0.803. The Labute approximate surface area is 604 Å². The van der Waals surface area contributed by atoms with Gasteiger partial charge < -0.3 is 75.6 Å². The van der Waals surface area contributed by atoms with Crippen molar-refractivity contribution in [1.82, 2.24) is 65.4 Å². The quantitative estimate of drug-likeness (QED) is 0.0624. The van der Waals surface area contributed by atoms with Gasteiger partial charge in [0.15, 0.2) is 0 Å². The van der Waals surface area contributed by atoms with Crippen LogP contribution in [0.3, 0.4) is 0 Å². The van der Waals surface area contributed by atoms with E-state index in [2.05, 4.69) is 38.0 Å². The predicted molar refractivity (Wildman–Crippen MR) is 394 cm³/mol. The Morgan fingerprint density at radius 2 is 0.940 bits per heavy atom. The molecule has 0 aliphatic carbocycles. The number of hydrogen-bond acceptors (Lipinski definition) is 16. The summed E-state index contributed by atoms with van der Waals surface area (Å²) in [6.07, 6.45) is 4.22. The Balaban J connectivity index is 3.10. The summed E-state index contributed by atoms with van der Waals surface area (Å²) >= 11 is 1.44. The molecule has 0 unspecified atom stereocenters. The Morgan fingerprint density at radius 1 is 0.500 bits per heavy atom. The van der Waals surface area contributed by atoms with Crippen molar-refractivity contribution in [2.45, 2.75) is 254 Å². The van der Waals surface area contributed by atoms with Crippen molar-refractivity contribution >= 4 is 76.7 Å². The zero-order valence-electron chi connectivity index (χ0n) is 65.7. The van der Waals surface area contributed by atoms with Crippen LogP contribution in [-0.2, 0) is 52.7 Å². The van der Waals surface area contributed by atoms with E-state index in [0.717, 1.165) is 57.0 Å². The maximum atomic E-state index is 15.5. The molecular weight excluding hydrogens is 1300 g/mol.